The maximum atomic E-state index is 12.1. The molecule has 0 radical (unpaired) electrons. The zero-order valence-corrected chi connectivity index (χ0v) is 13.3. The minimum absolute atomic E-state index is 0.0220. The Labute approximate surface area is 126 Å². The zero-order valence-electron chi connectivity index (χ0n) is 13.3. The molecular formula is C15H27N3O3. The van der Waals surface area contributed by atoms with E-state index in [0.29, 0.717) is 32.1 Å². The summed E-state index contributed by atoms with van der Waals surface area (Å²) in [6.07, 6.45) is 3.05. The van der Waals surface area contributed by atoms with Crippen LogP contribution in [0.2, 0.25) is 0 Å². The Morgan fingerprint density at radius 3 is 2.57 bits per heavy atom. The number of aliphatic carboxylic acids is 1. The molecule has 0 aromatic rings. The molecule has 2 fully saturated rings. The first kappa shape index (κ1) is 16.1. The van der Waals surface area contributed by atoms with Crippen LogP contribution in [0.5, 0.6) is 0 Å². The number of carbonyl (C=O) groups is 2. The molecule has 1 unspecified atom stereocenters. The van der Waals surface area contributed by atoms with Crippen LogP contribution >= 0.6 is 0 Å². The van der Waals surface area contributed by atoms with Crippen LogP contribution < -0.4 is 5.32 Å². The van der Waals surface area contributed by atoms with E-state index in [1.165, 1.54) is 12.8 Å². The minimum atomic E-state index is -0.790. The smallest absolute Gasteiger partial charge is 0.317 e. The van der Waals surface area contributed by atoms with E-state index in [4.69, 9.17) is 0 Å². The van der Waals surface area contributed by atoms with Gasteiger partial charge in [-0.25, -0.2) is 4.79 Å². The predicted molar refractivity (Wildman–Crippen MR) is 80.1 cm³/mol. The van der Waals surface area contributed by atoms with E-state index in [1.54, 1.807) is 4.90 Å². The first-order valence-corrected chi connectivity index (χ1v) is 7.83. The van der Waals surface area contributed by atoms with E-state index in [0.717, 1.165) is 6.54 Å². The van der Waals surface area contributed by atoms with Crippen molar-refractivity contribution in [2.24, 2.45) is 11.3 Å². The number of carbonyl (C=O) groups excluding carboxylic acids is 1. The molecule has 1 atom stereocenters. The lowest BCUT2D eigenvalue weighted by molar-refractivity contribution is -0.150. The molecular weight excluding hydrogens is 270 g/mol. The summed E-state index contributed by atoms with van der Waals surface area (Å²) in [5.74, 6) is -0.768. The Morgan fingerprint density at radius 1 is 1.43 bits per heavy atom. The molecule has 1 saturated heterocycles. The van der Waals surface area contributed by atoms with Gasteiger partial charge in [0, 0.05) is 32.2 Å². The van der Waals surface area contributed by atoms with Gasteiger partial charge < -0.3 is 20.2 Å². The molecule has 0 aromatic carbocycles. The van der Waals surface area contributed by atoms with Crippen LogP contribution in [0.15, 0.2) is 0 Å². The van der Waals surface area contributed by atoms with Gasteiger partial charge in [-0.3, -0.25) is 4.79 Å². The fourth-order valence-electron chi connectivity index (χ4n) is 3.05. The van der Waals surface area contributed by atoms with Crippen molar-refractivity contribution < 1.29 is 14.7 Å². The minimum Gasteiger partial charge on any atom is -0.481 e. The van der Waals surface area contributed by atoms with E-state index < -0.39 is 11.4 Å². The monoisotopic (exact) mass is 297 g/mol. The molecule has 0 bridgehead atoms. The van der Waals surface area contributed by atoms with Crippen molar-refractivity contribution in [3.8, 4) is 0 Å². The van der Waals surface area contributed by atoms with E-state index in [2.05, 4.69) is 17.3 Å². The number of nitrogens with one attached hydrogen (secondary N) is 1. The van der Waals surface area contributed by atoms with Gasteiger partial charge in [-0.05, 0) is 32.2 Å². The third-order valence-corrected chi connectivity index (χ3v) is 5.03. The summed E-state index contributed by atoms with van der Waals surface area (Å²) in [4.78, 5) is 27.6. The van der Waals surface area contributed by atoms with Crippen molar-refractivity contribution in [2.75, 3.05) is 33.2 Å². The van der Waals surface area contributed by atoms with Gasteiger partial charge in [0.25, 0.3) is 0 Å². The molecule has 2 rings (SSSR count). The average molecular weight is 297 g/mol. The highest BCUT2D eigenvalue weighted by Gasteiger charge is 2.48. The van der Waals surface area contributed by atoms with Crippen LogP contribution in [0, 0.1) is 11.3 Å². The van der Waals surface area contributed by atoms with Crippen LogP contribution in [-0.4, -0.2) is 66.2 Å². The summed E-state index contributed by atoms with van der Waals surface area (Å²) in [5.41, 5.74) is -0.790. The molecule has 2 aliphatic rings. The number of hydrogen-bond donors (Lipinski definition) is 2. The number of likely N-dealkylation sites (tertiary alicyclic amines) is 1. The number of carboxylic acid groups (broad SMARTS) is 1. The summed E-state index contributed by atoms with van der Waals surface area (Å²) in [5, 5.41) is 12.4. The third-order valence-electron chi connectivity index (χ3n) is 5.03. The lowest BCUT2D eigenvalue weighted by Gasteiger charge is -2.28. The van der Waals surface area contributed by atoms with Crippen molar-refractivity contribution in [3.05, 3.63) is 0 Å². The lowest BCUT2D eigenvalue weighted by Crippen LogP contribution is -2.45. The van der Waals surface area contributed by atoms with Crippen LogP contribution in [0.4, 0.5) is 4.79 Å². The largest absolute Gasteiger partial charge is 0.481 e. The molecule has 6 nitrogen and oxygen atoms in total. The normalized spacial score (nSPS) is 25.7. The second-order valence-corrected chi connectivity index (χ2v) is 6.73. The Morgan fingerprint density at radius 2 is 2.10 bits per heavy atom. The van der Waals surface area contributed by atoms with Gasteiger partial charge in [0.05, 0.1) is 5.41 Å². The Kier molecular flexibility index (Phi) is 4.76. The van der Waals surface area contributed by atoms with Gasteiger partial charge in [0.2, 0.25) is 0 Å². The molecule has 1 aliphatic heterocycles. The highest BCUT2D eigenvalue weighted by atomic mass is 16.4. The molecule has 6 heteroatoms. The number of urea groups is 1. The third kappa shape index (κ3) is 3.48. The predicted octanol–water partition coefficient (Wildman–Crippen LogP) is 1.22. The highest BCUT2D eigenvalue weighted by Crippen LogP contribution is 2.38. The van der Waals surface area contributed by atoms with Crippen molar-refractivity contribution in [1.82, 2.24) is 15.1 Å². The number of rotatable bonds is 6. The molecule has 1 saturated carbocycles. The number of carboxylic acids is 1. The Bertz CT molecular complexity index is 409. The first-order chi connectivity index (χ1) is 9.86. The standard InChI is InChI=1S/C15H27N3O3/c1-11(2)15(13(19)20)6-8-18(10-15)14(21)16-7-9-17(3)12-4-5-12/h11-12H,4-10H2,1-3H3,(H,16,21)(H,19,20). The molecule has 120 valence electrons. The molecule has 1 aliphatic carbocycles. The summed E-state index contributed by atoms with van der Waals surface area (Å²) >= 11 is 0. The van der Waals surface area contributed by atoms with Crippen LogP contribution in [0.25, 0.3) is 0 Å². The number of likely N-dealkylation sites (N-methyl/N-ethyl adjacent to an activating group) is 1. The van der Waals surface area contributed by atoms with E-state index in [1.807, 2.05) is 13.8 Å². The van der Waals surface area contributed by atoms with E-state index >= 15 is 0 Å². The maximum Gasteiger partial charge on any atom is 0.317 e. The second-order valence-electron chi connectivity index (χ2n) is 6.73. The lowest BCUT2D eigenvalue weighted by atomic mass is 9.76. The SMILES string of the molecule is CC(C)C1(C(=O)O)CCN(C(=O)NCCN(C)C2CC2)C1. The van der Waals surface area contributed by atoms with Crippen molar-refractivity contribution in [3.63, 3.8) is 0 Å². The molecule has 2 amide bonds. The molecule has 21 heavy (non-hydrogen) atoms. The quantitative estimate of drug-likeness (QED) is 0.773. The summed E-state index contributed by atoms with van der Waals surface area (Å²) in [7, 11) is 2.08. The van der Waals surface area contributed by atoms with Crippen LogP contribution in [-0.2, 0) is 4.79 Å². The van der Waals surface area contributed by atoms with Crippen LogP contribution in [0.1, 0.15) is 33.1 Å². The Hall–Kier alpha value is -1.30. The number of amides is 2. The van der Waals surface area contributed by atoms with Gasteiger partial charge in [-0.1, -0.05) is 13.8 Å². The molecule has 0 aromatic heterocycles. The van der Waals surface area contributed by atoms with Crippen LogP contribution in [0.3, 0.4) is 0 Å². The van der Waals surface area contributed by atoms with Crippen molar-refractivity contribution in [2.45, 2.75) is 39.2 Å². The number of nitrogens with zero attached hydrogens (tertiary/aromatic N) is 2. The maximum absolute atomic E-state index is 12.1. The Balaban J connectivity index is 1.79. The fraction of sp³-hybridized carbons (Fsp3) is 0.867. The highest BCUT2D eigenvalue weighted by molar-refractivity contribution is 5.80. The zero-order chi connectivity index (χ0) is 15.6. The second kappa shape index (κ2) is 6.22. The van der Waals surface area contributed by atoms with Crippen molar-refractivity contribution in [1.29, 1.82) is 0 Å². The molecule has 1 heterocycles. The van der Waals surface area contributed by atoms with Gasteiger partial charge in [-0.15, -0.1) is 0 Å². The first-order valence-electron chi connectivity index (χ1n) is 7.83. The average Bonchev–Trinajstić information content (AvgIpc) is 3.16. The summed E-state index contributed by atoms with van der Waals surface area (Å²) < 4.78 is 0. The molecule has 2 N–H and O–H groups in total. The van der Waals surface area contributed by atoms with Gasteiger partial charge >= 0.3 is 12.0 Å². The van der Waals surface area contributed by atoms with E-state index in [-0.39, 0.29) is 11.9 Å². The van der Waals surface area contributed by atoms with Gasteiger partial charge in [0.15, 0.2) is 0 Å². The van der Waals surface area contributed by atoms with Gasteiger partial charge in [0.1, 0.15) is 0 Å². The fourth-order valence-corrected chi connectivity index (χ4v) is 3.05. The molecule has 0 spiro atoms. The summed E-state index contributed by atoms with van der Waals surface area (Å²) in [6.45, 7) is 6.13. The summed E-state index contributed by atoms with van der Waals surface area (Å²) in [6, 6.07) is 0.553. The van der Waals surface area contributed by atoms with Gasteiger partial charge in [-0.2, -0.15) is 0 Å². The van der Waals surface area contributed by atoms with E-state index in [9.17, 15) is 14.7 Å². The topological polar surface area (TPSA) is 72.9 Å². The van der Waals surface area contributed by atoms with Crippen molar-refractivity contribution >= 4 is 12.0 Å². The number of hydrogen-bond acceptors (Lipinski definition) is 3.